The lowest BCUT2D eigenvalue weighted by atomic mass is 10.1. The van der Waals surface area contributed by atoms with Crippen LogP contribution in [0.15, 0.2) is 36.4 Å². The van der Waals surface area contributed by atoms with Crippen LogP contribution in [0.5, 0.6) is 0 Å². The molecule has 6 heteroatoms. The number of aromatic nitrogens is 2. The normalized spacial score (nSPS) is 17.3. The van der Waals surface area contributed by atoms with Gasteiger partial charge in [0.15, 0.2) is 5.69 Å². The quantitative estimate of drug-likeness (QED) is 0.805. The minimum Gasteiger partial charge on any atom is -0.365 e. The third kappa shape index (κ3) is 2.55. The van der Waals surface area contributed by atoms with Crippen LogP contribution < -0.4 is 0 Å². The predicted octanol–water partition coefficient (Wildman–Crippen LogP) is 1.64. The van der Waals surface area contributed by atoms with Crippen molar-refractivity contribution in [2.75, 3.05) is 20.8 Å². The van der Waals surface area contributed by atoms with Crippen LogP contribution >= 0.6 is 0 Å². The third-order valence-electron chi connectivity index (χ3n) is 3.55. The Morgan fingerprint density at radius 1 is 1.43 bits per heavy atom. The number of fused-ring (bicyclic) bond motifs is 1. The minimum absolute atomic E-state index is 0.193. The standard InChI is InChI=1S/C15H17N3O3/c1-17(20-2)15(19)12-10-13-14(11-6-4-3-5-7-11)21-9-8-18(13)16-12/h3-7,10,14H,8-9H2,1-2H3. The van der Waals surface area contributed by atoms with Crippen molar-refractivity contribution in [1.29, 1.82) is 0 Å². The van der Waals surface area contributed by atoms with E-state index < -0.39 is 0 Å². The molecule has 6 nitrogen and oxygen atoms in total. The van der Waals surface area contributed by atoms with Gasteiger partial charge < -0.3 is 4.74 Å². The largest absolute Gasteiger partial charge is 0.365 e. The minimum atomic E-state index is -0.272. The lowest BCUT2D eigenvalue weighted by Gasteiger charge is -2.24. The van der Waals surface area contributed by atoms with E-state index in [1.165, 1.54) is 7.11 Å². The van der Waals surface area contributed by atoms with Crippen molar-refractivity contribution in [3.05, 3.63) is 53.3 Å². The fourth-order valence-corrected chi connectivity index (χ4v) is 2.41. The van der Waals surface area contributed by atoms with E-state index in [4.69, 9.17) is 9.57 Å². The Morgan fingerprint density at radius 3 is 2.90 bits per heavy atom. The average molecular weight is 287 g/mol. The molecule has 1 atom stereocenters. The summed E-state index contributed by atoms with van der Waals surface area (Å²) < 4.78 is 7.68. The molecule has 0 radical (unpaired) electrons. The molecule has 0 bridgehead atoms. The summed E-state index contributed by atoms with van der Waals surface area (Å²) in [6.45, 7) is 1.21. The number of carbonyl (C=O) groups excluding carboxylic acids is 1. The van der Waals surface area contributed by atoms with Gasteiger partial charge in [0.05, 0.1) is 26.0 Å². The van der Waals surface area contributed by atoms with Gasteiger partial charge in [0.1, 0.15) is 6.10 Å². The highest BCUT2D eigenvalue weighted by atomic mass is 16.7. The second kappa shape index (κ2) is 5.67. The summed E-state index contributed by atoms with van der Waals surface area (Å²) in [7, 11) is 3.01. The number of carbonyl (C=O) groups is 1. The van der Waals surface area contributed by atoms with Crippen molar-refractivity contribution in [1.82, 2.24) is 14.8 Å². The van der Waals surface area contributed by atoms with Crippen LogP contribution in [0, 0.1) is 0 Å². The smallest absolute Gasteiger partial charge is 0.297 e. The maximum Gasteiger partial charge on any atom is 0.297 e. The molecule has 0 aliphatic carbocycles. The maximum absolute atomic E-state index is 12.1. The molecule has 0 N–H and O–H groups in total. The Bertz CT molecular complexity index is 639. The predicted molar refractivity (Wildman–Crippen MR) is 75.6 cm³/mol. The summed E-state index contributed by atoms with van der Waals surface area (Å²) in [5.41, 5.74) is 2.30. The first-order chi connectivity index (χ1) is 10.2. The van der Waals surface area contributed by atoms with Crippen molar-refractivity contribution in [2.45, 2.75) is 12.6 Å². The number of rotatable bonds is 3. The first-order valence-electron chi connectivity index (χ1n) is 6.77. The molecule has 1 aromatic heterocycles. The number of benzene rings is 1. The molecular weight excluding hydrogens is 270 g/mol. The Kier molecular flexibility index (Phi) is 3.72. The molecule has 1 aliphatic heterocycles. The second-order valence-electron chi connectivity index (χ2n) is 4.82. The molecule has 110 valence electrons. The molecule has 1 aromatic carbocycles. The summed E-state index contributed by atoms with van der Waals surface area (Å²) in [5, 5.41) is 5.52. The van der Waals surface area contributed by atoms with Crippen molar-refractivity contribution >= 4 is 5.91 Å². The fourth-order valence-electron chi connectivity index (χ4n) is 2.41. The molecular formula is C15H17N3O3. The topological polar surface area (TPSA) is 56.6 Å². The third-order valence-corrected chi connectivity index (χ3v) is 3.55. The molecule has 0 saturated carbocycles. The number of hydroxylamine groups is 2. The summed E-state index contributed by atoms with van der Waals surface area (Å²) in [4.78, 5) is 17.0. The zero-order chi connectivity index (χ0) is 14.8. The van der Waals surface area contributed by atoms with Crippen LogP contribution in [0.4, 0.5) is 0 Å². The Morgan fingerprint density at radius 2 is 2.19 bits per heavy atom. The second-order valence-corrected chi connectivity index (χ2v) is 4.82. The van der Waals surface area contributed by atoms with Crippen LogP contribution in [0.3, 0.4) is 0 Å². The molecule has 1 amide bonds. The van der Waals surface area contributed by atoms with Crippen molar-refractivity contribution in [2.24, 2.45) is 0 Å². The molecule has 0 spiro atoms. The lowest BCUT2D eigenvalue weighted by Crippen LogP contribution is -2.26. The van der Waals surface area contributed by atoms with Gasteiger partial charge in [-0.2, -0.15) is 5.10 Å². The molecule has 2 heterocycles. The van der Waals surface area contributed by atoms with Crippen LogP contribution in [-0.2, 0) is 16.1 Å². The number of hydrogen-bond acceptors (Lipinski definition) is 4. The van der Waals surface area contributed by atoms with Crippen molar-refractivity contribution < 1.29 is 14.4 Å². The molecule has 1 aliphatic rings. The van der Waals surface area contributed by atoms with E-state index in [1.54, 1.807) is 13.1 Å². The average Bonchev–Trinajstić information content (AvgIpc) is 2.98. The Balaban J connectivity index is 1.95. The van der Waals surface area contributed by atoms with Crippen LogP contribution in [-0.4, -0.2) is 41.5 Å². The van der Waals surface area contributed by atoms with E-state index in [1.807, 2.05) is 35.0 Å². The number of hydrogen-bond donors (Lipinski definition) is 0. The van der Waals surface area contributed by atoms with Gasteiger partial charge in [-0.3, -0.25) is 14.3 Å². The van der Waals surface area contributed by atoms with Crippen LogP contribution in [0.25, 0.3) is 0 Å². The number of nitrogens with zero attached hydrogens (tertiary/aromatic N) is 3. The molecule has 1 unspecified atom stereocenters. The zero-order valence-electron chi connectivity index (χ0n) is 12.0. The molecule has 2 aromatic rings. The molecule has 0 fully saturated rings. The summed E-state index contributed by atoms with van der Waals surface area (Å²) >= 11 is 0. The van der Waals surface area contributed by atoms with Gasteiger partial charge >= 0.3 is 0 Å². The highest BCUT2D eigenvalue weighted by Crippen LogP contribution is 2.29. The number of ether oxygens (including phenoxy) is 1. The van der Waals surface area contributed by atoms with E-state index in [0.29, 0.717) is 18.8 Å². The van der Waals surface area contributed by atoms with Gasteiger partial charge in [-0.05, 0) is 11.6 Å². The molecule has 21 heavy (non-hydrogen) atoms. The van der Waals surface area contributed by atoms with Crippen LogP contribution in [0.2, 0.25) is 0 Å². The van der Waals surface area contributed by atoms with Gasteiger partial charge in [-0.1, -0.05) is 30.3 Å². The highest BCUT2D eigenvalue weighted by molar-refractivity contribution is 5.91. The monoisotopic (exact) mass is 287 g/mol. The number of amides is 1. The highest BCUT2D eigenvalue weighted by Gasteiger charge is 2.27. The van der Waals surface area contributed by atoms with Gasteiger partial charge in [-0.25, -0.2) is 5.06 Å². The van der Waals surface area contributed by atoms with Gasteiger partial charge in [0.2, 0.25) is 0 Å². The van der Waals surface area contributed by atoms with Gasteiger partial charge in [-0.15, -0.1) is 0 Å². The van der Waals surface area contributed by atoms with E-state index >= 15 is 0 Å². The summed E-state index contributed by atoms with van der Waals surface area (Å²) in [6.07, 6.45) is -0.193. The first kappa shape index (κ1) is 13.8. The Hall–Kier alpha value is -2.18. The van der Waals surface area contributed by atoms with Crippen molar-refractivity contribution in [3.63, 3.8) is 0 Å². The van der Waals surface area contributed by atoms with Gasteiger partial charge in [0.25, 0.3) is 5.91 Å². The Labute approximate surface area is 122 Å². The van der Waals surface area contributed by atoms with E-state index in [9.17, 15) is 4.79 Å². The van der Waals surface area contributed by atoms with E-state index in [0.717, 1.165) is 16.3 Å². The van der Waals surface area contributed by atoms with Gasteiger partial charge in [0, 0.05) is 7.05 Å². The molecule has 3 rings (SSSR count). The summed E-state index contributed by atoms with van der Waals surface area (Å²) in [6, 6.07) is 11.7. The van der Waals surface area contributed by atoms with E-state index in [2.05, 4.69) is 5.10 Å². The maximum atomic E-state index is 12.1. The van der Waals surface area contributed by atoms with E-state index in [-0.39, 0.29) is 12.0 Å². The first-order valence-corrected chi connectivity index (χ1v) is 6.77. The van der Waals surface area contributed by atoms with Crippen molar-refractivity contribution in [3.8, 4) is 0 Å². The van der Waals surface area contributed by atoms with Crippen LogP contribution in [0.1, 0.15) is 27.8 Å². The lowest BCUT2D eigenvalue weighted by molar-refractivity contribution is -0.0760. The summed E-state index contributed by atoms with van der Waals surface area (Å²) in [5.74, 6) is -0.272. The SMILES string of the molecule is CON(C)C(=O)c1cc2n(n1)CCOC2c1ccccc1. The zero-order valence-corrected chi connectivity index (χ0v) is 12.0. The fraction of sp³-hybridized carbons (Fsp3) is 0.333. The molecule has 0 saturated heterocycles.